The molecule has 0 saturated carbocycles. The Bertz CT molecular complexity index is 321. The van der Waals surface area contributed by atoms with Gasteiger partial charge in [0.15, 0.2) is 0 Å². The molecule has 2 rings (SSSR count). The number of aromatic nitrogens is 2. The SMILES string of the molecule is CC(C)c1nccc([C@@H]2CNCCO2)n1. The summed E-state index contributed by atoms with van der Waals surface area (Å²) >= 11 is 0. The molecule has 1 aromatic rings. The highest BCUT2D eigenvalue weighted by Crippen LogP contribution is 2.17. The molecule has 1 saturated heterocycles. The molecule has 2 heterocycles. The highest BCUT2D eigenvalue weighted by atomic mass is 16.5. The van der Waals surface area contributed by atoms with Crippen LogP contribution in [0.1, 0.15) is 37.4 Å². The van der Waals surface area contributed by atoms with Gasteiger partial charge in [-0.15, -0.1) is 0 Å². The lowest BCUT2D eigenvalue weighted by atomic mass is 10.2. The molecule has 0 amide bonds. The Morgan fingerprint density at radius 3 is 3.07 bits per heavy atom. The van der Waals surface area contributed by atoms with Gasteiger partial charge in [-0.2, -0.15) is 0 Å². The predicted octanol–water partition coefficient (Wildman–Crippen LogP) is 1.26. The third kappa shape index (κ3) is 2.52. The lowest BCUT2D eigenvalue weighted by Gasteiger charge is -2.23. The summed E-state index contributed by atoms with van der Waals surface area (Å²) in [5.74, 6) is 1.25. The minimum Gasteiger partial charge on any atom is -0.369 e. The molecule has 1 aliphatic rings. The van der Waals surface area contributed by atoms with Crippen molar-refractivity contribution in [2.45, 2.75) is 25.9 Å². The van der Waals surface area contributed by atoms with Crippen molar-refractivity contribution >= 4 is 0 Å². The second-order valence-electron chi connectivity index (χ2n) is 4.06. The van der Waals surface area contributed by atoms with Crippen LogP contribution in [0.2, 0.25) is 0 Å². The summed E-state index contributed by atoms with van der Waals surface area (Å²) in [4.78, 5) is 8.77. The van der Waals surface area contributed by atoms with Gasteiger partial charge in [-0.25, -0.2) is 9.97 Å². The van der Waals surface area contributed by atoms with Crippen molar-refractivity contribution in [3.63, 3.8) is 0 Å². The summed E-state index contributed by atoms with van der Waals surface area (Å²) in [6.07, 6.45) is 1.90. The van der Waals surface area contributed by atoms with Gasteiger partial charge < -0.3 is 10.1 Å². The van der Waals surface area contributed by atoms with Crippen molar-refractivity contribution in [2.24, 2.45) is 0 Å². The molecule has 1 aromatic heterocycles. The Morgan fingerprint density at radius 1 is 1.53 bits per heavy atom. The molecule has 4 nitrogen and oxygen atoms in total. The Morgan fingerprint density at radius 2 is 2.40 bits per heavy atom. The van der Waals surface area contributed by atoms with Crippen molar-refractivity contribution in [3.05, 3.63) is 23.8 Å². The molecule has 0 aliphatic carbocycles. The van der Waals surface area contributed by atoms with Crippen LogP contribution in [-0.2, 0) is 4.74 Å². The van der Waals surface area contributed by atoms with E-state index in [2.05, 4.69) is 29.1 Å². The first kappa shape index (κ1) is 10.5. The molecule has 1 N–H and O–H groups in total. The van der Waals surface area contributed by atoms with Crippen LogP contribution >= 0.6 is 0 Å². The zero-order valence-electron chi connectivity index (χ0n) is 9.23. The number of morpholine rings is 1. The normalized spacial score (nSPS) is 21.9. The van der Waals surface area contributed by atoms with Gasteiger partial charge in [0.05, 0.1) is 12.3 Å². The van der Waals surface area contributed by atoms with Crippen LogP contribution in [0.4, 0.5) is 0 Å². The molecule has 0 spiro atoms. The molecule has 0 radical (unpaired) electrons. The fraction of sp³-hybridized carbons (Fsp3) is 0.636. The molecular formula is C11H17N3O. The van der Waals surface area contributed by atoms with Gasteiger partial charge in [-0.3, -0.25) is 0 Å². The Labute approximate surface area is 90.1 Å². The van der Waals surface area contributed by atoms with Gasteiger partial charge in [0.25, 0.3) is 0 Å². The van der Waals surface area contributed by atoms with E-state index in [1.165, 1.54) is 0 Å². The van der Waals surface area contributed by atoms with E-state index in [-0.39, 0.29) is 6.10 Å². The zero-order chi connectivity index (χ0) is 10.7. The van der Waals surface area contributed by atoms with Gasteiger partial charge in [0.1, 0.15) is 11.9 Å². The number of ether oxygens (including phenoxy) is 1. The average molecular weight is 207 g/mol. The van der Waals surface area contributed by atoms with Crippen LogP contribution in [0.25, 0.3) is 0 Å². The third-order valence-electron chi connectivity index (χ3n) is 2.47. The van der Waals surface area contributed by atoms with Gasteiger partial charge in [0.2, 0.25) is 0 Å². The Kier molecular flexibility index (Phi) is 3.28. The van der Waals surface area contributed by atoms with Crippen molar-refractivity contribution in [3.8, 4) is 0 Å². The van der Waals surface area contributed by atoms with Crippen LogP contribution in [0.3, 0.4) is 0 Å². The third-order valence-corrected chi connectivity index (χ3v) is 2.47. The maximum absolute atomic E-state index is 5.65. The van der Waals surface area contributed by atoms with Gasteiger partial charge in [-0.05, 0) is 6.07 Å². The van der Waals surface area contributed by atoms with Crippen LogP contribution in [-0.4, -0.2) is 29.7 Å². The first-order valence-electron chi connectivity index (χ1n) is 5.42. The molecule has 1 aliphatic heterocycles. The second-order valence-corrected chi connectivity index (χ2v) is 4.06. The van der Waals surface area contributed by atoms with Crippen molar-refractivity contribution < 1.29 is 4.74 Å². The number of nitrogens with one attached hydrogen (secondary N) is 1. The average Bonchev–Trinajstić information content (AvgIpc) is 2.30. The smallest absolute Gasteiger partial charge is 0.131 e. The summed E-state index contributed by atoms with van der Waals surface area (Å²) in [6, 6.07) is 1.93. The fourth-order valence-electron chi connectivity index (χ4n) is 1.60. The zero-order valence-corrected chi connectivity index (χ0v) is 9.23. The maximum Gasteiger partial charge on any atom is 0.131 e. The first-order valence-corrected chi connectivity index (χ1v) is 5.42. The molecule has 0 aromatic carbocycles. The van der Waals surface area contributed by atoms with E-state index in [1.54, 1.807) is 0 Å². The van der Waals surface area contributed by atoms with Crippen LogP contribution in [0, 0.1) is 0 Å². The molecule has 4 heteroatoms. The summed E-state index contributed by atoms with van der Waals surface area (Å²) in [7, 11) is 0. The number of hydrogen-bond donors (Lipinski definition) is 1. The number of nitrogens with zero attached hydrogens (tertiary/aromatic N) is 2. The molecule has 0 bridgehead atoms. The Hall–Kier alpha value is -1.00. The van der Waals surface area contributed by atoms with Crippen molar-refractivity contribution in [2.75, 3.05) is 19.7 Å². The van der Waals surface area contributed by atoms with Gasteiger partial charge in [-0.1, -0.05) is 13.8 Å². The van der Waals surface area contributed by atoms with E-state index in [9.17, 15) is 0 Å². The van der Waals surface area contributed by atoms with E-state index < -0.39 is 0 Å². The highest BCUT2D eigenvalue weighted by molar-refractivity contribution is 5.08. The van der Waals surface area contributed by atoms with Crippen LogP contribution < -0.4 is 5.32 Å². The minimum absolute atomic E-state index is 0.0826. The standard InChI is InChI=1S/C11H17N3O/c1-8(2)11-13-4-3-9(14-11)10-7-12-5-6-15-10/h3-4,8,10,12H,5-7H2,1-2H3/t10-/m0/s1. The predicted molar refractivity (Wildman–Crippen MR) is 57.7 cm³/mol. The summed E-state index contributed by atoms with van der Waals surface area (Å²) in [6.45, 7) is 6.72. The molecule has 0 unspecified atom stereocenters. The van der Waals surface area contributed by atoms with E-state index in [4.69, 9.17) is 4.74 Å². The highest BCUT2D eigenvalue weighted by Gasteiger charge is 2.17. The topological polar surface area (TPSA) is 47.0 Å². The van der Waals surface area contributed by atoms with E-state index >= 15 is 0 Å². The molecule has 15 heavy (non-hydrogen) atoms. The summed E-state index contributed by atoms with van der Waals surface area (Å²) in [5, 5.41) is 3.30. The van der Waals surface area contributed by atoms with Crippen molar-refractivity contribution in [1.29, 1.82) is 0 Å². The lowest BCUT2D eigenvalue weighted by Crippen LogP contribution is -2.33. The first-order chi connectivity index (χ1) is 7.27. The number of rotatable bonds is 2. The van der Waals surface area contributed by atoms with Gasteiger partial charge in [0, 0.05) is 25.2 Å². The maximum atomic E-state index is 5.65. The second kappa shape index (κ2) is 4.68. The molecule has 1 atom stereocenters. The van der Waals surface area contributed by atoms with Gasteiger partial charge >= 0.3 is 0 Å². The Balaban J connectivity index is 2.16. The largest absolute Gasteiger partial charge is 0.369 e. The quantitative estimate of drug-likeness (QED) is 0.793. The van der Waals surface area contributed by atoms with E-state index in [1.807, 2.05) is 12.3 Å². The van der Waals surface area contributed by atoms with E-state index in [0.29, 0.717) is 5.92 Å². The van der Waals surface area contributed by atoms with Crippen molar-refractivity contribution in [1.82, 2.24) is 15.3 Å². The molecular weight excluding hydrogens is 190 g/mol. The van der Waals surface area contributed by atoms with Crippen LogP contribution in [0.5, 0.6) is 0 Å². The summed E-state index contributed by atoms with van der Waals surface area (Å²) < 4.78 is 5.65. The monoisotopic (exact) mass is 207 g/mol. The molecule has 82 valence electrons. The number of hydrogen-bond acceptors (Lipinski definition) is 4. The fourth-order valence-corrected chi connectivity index (χ4v) is 1.60. The minimum atomic E-state index is 0.0826. The van der Waals surface area contributed by atoms with Crippen LogP contribution in [0.15, 0.2) is 12.3 Å². The molecule has 1 fully saturated rings. The summed E-state index contributed by atoms with van der Waals surface area (Å²) in [5.41, 5.74) is 0.987. The lowest BCUT2D eigenvalue weighted by molar-refractivity contribution is 0.0248. The van der Waals surface area contributed by atoms with E-state index in [0.717, 1.165) is 31.2 Å².